The molecule has 0 bridgehead atoms. The Labute approximate surface area is 170 Å². The lowest BCUT2D eigenvalue weighted by molar-refractivity contribution is -0.171. The second-order valence-corrected chi connectivity index (χ2v) is 11.7. The van der Waals surface area contributed by atoms with Crippen LogP contribution in [0.4, 0.5) is 8.78 Å². The lowest BCUT2D eigenvalue weighted by atomic mass is 9.59. The van der Waals surface area contributed by atoms with Crippen molar-refractivity contribution in [2.45, 2.75) is 62.4 Å². The topological polar surface area (TPSA) is 71.5 Å². The Balaban J connectivity index is 1.16. The SMILES string of the molecule is Cc1nc(C(C)(F)F)ccc1S(=O)(=O)N1CC2(CC(NC3CC4(COC4)C3)C2)C1. The molecule has 2 saturated heterocycles. The highest BCUT2D eigenvalue weighted by atomic mass is 32.2. The molecule has 0 amide bonds. The van der Waals surface area contributed by atoms with Gasteiger partial charge in [0.25, 0.3) is 5.92 Å². The van der Waals surface area contributed by atoms with Gasteiger partial charge in [-0.05, 0) is 44.7 Å². The lowest BCUT2D eigenvalue weighted by Gasteiger charge is -2.61. The van der Waals surface area contributed by atoms with Crippen LogP contribution < -0.4 is 5.32 Å². The van der Waals surface area contributed by atoms with Crippen LogP contribution >= 0.6 is 0 Å². The standard InChI is InChI=1S/C20H27F2N3O3S/c1-13-16(3-4-17(23-13)18(2,21)22)29(26,27)25-9-19(10-25)5-14(6-19)24-15-7-20(8-15)11-28-12-20/h3-4,14-15,24H,5-12H2,1-2H3. The zero-order valence-electron chi connectivity index (χ0n) is 16.7. The predicted molar refractivity (Wildman–Crippen MR) is 102 cm³/mol. The van der Waals surface area contributed by atoms with E-state index in [4.69, 9.17) is 4.74 Å². The molecular weight excluding hydrogens is 400 g/mol. The fourth-order valence-corrected chi connectivity index (χ4v) is 7.33. The van der Waals surface area contributed by atoms with Gasteiger partial charge in [-0.25, -0.2) is 8.42 Å². The van der Waals surface area contributed by atoms with Crippen molar-refractivity contribution in [2.75, 3.05) is 26.3 Å². The van der Waals surface area contributed by atoms with Crippen molar-refractivity contribution in [1.82, 2.24) is 14.6 Å². The van der Waals surface area contributed by atoms with E-state index in [1.807, 2.05) is 0 Å². The molecule has 9 heteroatoms. The van der Waals surface area contributed by atoms with E-state index < -0.39 is 21.6 Å². The van der Waals surface area contributed by atoms with Gasteiger partial charge in [-0.2, -0.15) is 13.1 Å². The molecule has 6 nitrogen and oxygen atoms in total. The van der Waals surface area contributed by atoms with Crippen molar-refractivity contribution in [3.05, 3.63) is 23.5 Å². The first-order valence-electron chi connectivity index (χ1n) is 10.2. The number of hydrogen-bond acceptors (Lipinski definition) is 5. The molecule has 0 radical (unpaired) electrons. The second-order valence-electron chi connectivity index (χ2n) is 9.81. The summed E-state index contributed by atoms with van der Waals surface area (Å²) in [5.41, 5.74) is 0.234. The van der Waals surface area contributed by atoms with Crippen molar-refractivity contribution in [2.24, 2.45) is 10.8 Å². The fraction of sp³-hybridized carbons (Fsp3) is 0.750. The smallest absolute Gasteiger partial charge is 0.286 e. The minimum Gasteiger partial charge on any atom is -0.380 e. The summed E-state index contributed by atoms with van der Waals surface area (Å²) in [5, 5.41) is 3.71. The van der Waals surface area contributed by atoms with E-state index in [1.165, 1.54) is 30.1 Å². The van der Waals surface area contributed by atoms with Crippen LogP contribution in [-0.4, -0.2) is 56.1 Å². The van der Waals surface area contributed by atoms with Gasteiger partial charge in [0.2, 0.25) is 10.0 Å². The van der Waals surface area contributed by atoms with E-state index in [0.717, 1.165) is 39.0 Å². The zero-order valence-corrected chi connectivity index (χ0v) is 17.6. The highest BCUT2D eigenvalue weighted by Crippen LogP contribution is 2.52. The predicted octanol–water partition coefficient (Wildman–Crippen LogP) is 2.42. The number of hydrogen-bond donors (Lipinski definition) is 1. The van der Waals surface area contributed by atoms with Crippen LogP contribution in [0.15, 0.2) is 17.0 Å². The van der Waals surface area contributed by atoms with Gasteiger partial charge in [0, 0.05) is 42.9 Å². The molecule has 1 aromatic heterocycles. The molecule has 2 spiro atoms. The number of halogens is 2. The van der Waals surface area contributed by atoms with Gasteiger partial charge in [0.15, 0.2) is 0 Å². The quantitative estimate of drug-likeness (QED) is 0.782. The minimum absolute atomic E-state index is 0.0248. The number of sulfonamides is 1. The third-order valence-corrected chi connectivity index (χ3v) is 9.06. The summed E-state index contributed by atoms with van der Waals surface area (Å²) in [5.74, 6) is -3.09. The molecule has 4 fully saturated rings. The van der Waals surface area contributed by atoms with Crippen molar-refractivity contribution < 1.29 is 21.9 Å². The number of pyridine rings is 1. The summed E-state index contributed by atoms with van der Waals surface area (Å²) in [6.07, 6.45) is 4.38. The zero-order chi connectivity index (χ0) is 20.7. The van der Waals surface area contributed by atoms with Crippen LogP contribution in [0.25, 0.3) is 0 Å². The molecular formula is C20H27F2N3O3S. The molecule has 1 aromatic rings. The summed E-state index contributed by atoms with van der Waals surface area (Å²) in [7, 11) is -3.70. The van der Waals surface area contributed by atoms with E-state index >= 15 is 0 Å². The number of rotatable bonds is 5. The summed E-state index contributed by atoms with van der Waals surface area (Å²) in [6, 6.07) is 3.41. The first-order valence-corrected chi connectivity index (χ1v) is 11.6. The molecule has 2 saturated carbocycles. The molecule has 3 heterocycles. The van der Waals surface area contributed by atoms with Crippen molar-refractivity contribution >= 4 is 10.0 Å². The highest BCUT2D eigenvalue weighted by Gasteiger charge is 2.57. The third kappa shape index (κ3) is 3.21. The number of alkyl halides is 2. The van der Waals surface area contributed by atoms with E-state index in [9.17, 15) is 17.2 Å². The minimum atomic E-state index is -3.70. The van der Waals surface area contributed by atoms with Gasteiger partial charge in [0.05, 0.1) is 18.9 Å². The maximum absolute atomic E-state index is 13.4. The van der Waals surface area contributed by atoms with Crippen LogP contribution in [-0.2, 0) is 20.7 Å². The average Bonchev–Trinajstić information content (AvgIpc) is 2.46. The first-order chi connectivity index (χ1) is 13.5. The number of nitrogens with one attached hydrogen (secondary N) is 1. The van der Waals surface area contributed by atoms with Crippen LogP contribution in [0.3, 0.4) is 0 Å². The summed E-state index contributed by atoms with van der Waals surface area (Å²) in [6.45, 7) is 5.03. The molecule has 160 valence electrons. The van der Waals surface area contributed by atoms with Gasteiger partial charge in [-0.15, -0.1) is 0 Å². The monoisotopic (exact) mass is 427 g/mol. The molecule has 5 rings (SSSR count). The molecule has 0 aromatic carbocycles. The first kappa shape index (κ1) is 19.8. The van der Waals surface area contributed by atoms with Crippen molar-refractivity contribution in [1.29, 1.82) is 0 Å². The summed E-state index contributed by atoms with van der Waals surface area (Å²) >= 11 is 0. The van der Waals surface area contributed by atoms with Gasteiger partial charge < -0.3 is 10.1 Å². The Kier molecular flexibility index (Phi) is 4.22. The van der Waals surface area contributed by atoms with Gasteiger partial charge in [0.1, 0.15) is 10.6 Å². The molecule has 0 unspecified atom stereocenters. The van der Waals surface area contributed by atoms with E-state index in [0.29, 0.717) is 30.6 Å². The van der Waals surface area contributed by atoms with Crippen LogP contribution in [0.1, 0.15) is 44.0 Å². The summed E-state index contributed by atoms with van der Waals surface area (Å²) < 4.78 is 59.5. The summed E-state index contributed by atoms with van der Waals surface area (Å²) in [4.78, 5) is 3.86. The maximum atomic E-state index is 13.4. The Morgan fingerprint density at radius 1 is 1.14 bits per heavy atom. The number of aryl methyl sites for hydroxylation is 1. The molecule has 1 N–H and O–H groups in total. The normalized spacial score (nSPS) is 28.5. The highest BCUT2D eigenvalue weighted by molar-refractivity contribution is 7.89. The van der Waals surface area contributed by atoms with E-state index in [-0.39, 0.29) is 16.0 Å². The molecule has 29 heavy (non-hydrogen) atoms. The Hall–Kier alpha value is -1.16. The van der Waals surface area contributed by atoms with E-state index in [1.54, 1.807) is 0 Å². The lowest BCUT2D eigenvalue weighted by Crippen LogP contribution is -2.69. The van der Waals surface area contributed by atoms with Crippen LogP contribution in [0.2, 0.25) is 0 Å². The second kappa shape index (κ2) is 6.18. The van der Waals surface area contributed by atoms with Gasteiger partial charge in [-0.3, -0.25) is 4.98 Å². The Morgan fingerprint density at radius 3 is 2.21 bits per heavy atom. The van der Waals surface area contributed by atoms with Gasteiger partial charge >= 0.3 is 0 Å². The fourth-order valence-electron chi connectivity index (χ4n) is 5.50. The maximum Gasteiger partial charge on any atom is 0.286 e. The van der Waals surface area contributed by atoms with Gasteiger partial charge in [-0.1, -0.05) is 0 Å². The van der Waals surface area contributed by atoms with Crippen molar-refractivity contribution in [3.8, 4) is 0 Å². The molecule has 2 aliphatic heterocycles. The average molecular weight is 428 g/mol. The van der Waals surface area contributed by atoms with Crippen molar-refractivity contribution in [3.63, 3.8) is 0 Å². The largest absolute Gasteiger partial charge is 0.380 e. The number of ether oxygens (including phenoxy) is 1. The van der Waals surface area contributed by atoms with E-state index in [2.05, 4.69) is 10.3 Å². The Bertz CT molecular complexity index is 921. The molecule has 0 atom stereocenters. The molecule has 4 aliphatic rings. The van der Waals surface area contributed by atoms with Crippen LogP contribution in [0, 0.1) is 17.8 Å². The molecule has 2 aliphatic carbocycles. The third-order valence-electron chi connectivity index (χ3n) is 7.13. The number of nitrogens with zero attached hydrogens (tertiary/aromatic N) is 2. The Morgan fingerprint density at radius 2 is 1.72 bits per heavy atom. The number of aromatic nitrogens is 1. The van der Waals surface area contributed by atoms with Crippen LogP contribution in [0.5, 0.6) is 0 Å².